The van der Waals surface area contributed by atoms with E-state index in [1.165, 1.54) is 11.2 Å². The number of imide groups is 1. The highest BCUT2D eigenvalue weighted by Crippen LogP contribution is 2.54. The van der Waals surface area contributed by atoms with Gasteiger partial charge in [-0.15, -0.1) is 0 Å². The number of anilines is 1. The minimum absolute atomic E-state index is 0.0736. The van der Waals surface area contributed by atoms with E-state index in [1.54, 1.807) is 36.4 Å². The van der Waals surface area contributed by atoms with Crippen LogP contribution in [0.2, 0.25) is 5.02 Å². The fourth-order valence-electron chi connectivity index (χ4n) is 4.95. The number of hydrogen-bond acceptors (Lipinski definition) is 4. The molecule has 1 aromatic carbocycles. The fraction of sp³-hybridized carbons (Fsp3) is 0.318. The first-order valence-electron chi connectivity index (χ1n) is 9.67. The standard InChI is InChI=1S/C22H19ClN2O4/c23-14-5-7-15(8-6-14)24-18(26)11-16(17-2-1-9-29-17)25-21(27)19-12-3-4-13(10-12)20(19)22(25)28/h1-9,12-13,16,19-20H,10-11H2,(H,24,26). The maximum atomic E-state index is 13.2. The van der Waals surface area contributed by atoms with E-state index in [0.29, 0.717) is 16.5 Å². The van der Waals surface area contributed by atoms with E-state index in [9.17, 15) is 14.4 Å². The molecule has 1 saturated heterocycles. The number of furan rings is 1. The van der Waals surface area contributed by atoms with Crippen molar-refractivity contribution in [1.29, 1.82) is 0 Å². The molecule has 2 fully saturated rings. The van der Waals surface area contributed by atoms with Gasteiger partial charge in [-0.3, -0.25) is 19.3 Å². The van der Waals surface area contributed by atoms with Gasteiger partial charge in [0.25, 0.3) is 0 Å². The van der Waals surface area contributed by atoms with Crippen LogP contribution in [0.5, 0.6) is 0 Å². The summed E-state index contributed by atoms with van der Waals surface area (Å²) in [6.07, 6.45) is 6.38. The highest BCUT2D eigenvalue weighted by molar-refractivity contribution is 6.30. The molecule has 5 unspecified atom stereocenters. The van der Waals surface area contributed by atoms with Gasteiger partial charge < -0.3 is 9.73 Å². The summed E-state index contributed by atoms with van der Waals surface area (Å²) >= 11 is 5.88. The van der Waals surface area contributed by atoms with Gasteiger partial charge in [-0.25, -0.2) is 0 Å². The van der Waals surface area contributed by atoms with E-state index in [-0.39, 0.29) is 47.8 Å². The van der Waals surface area contributed by atoms with Crippen molar-refractivity contribution < 1.29 is 18.8 Å². The summed E-state index contributed by atoms with van der Waals surface area (Å²) in [7, 11) is 0. The Morgan fingerprint density at radius 3 is 2.34 bits per heavy atom. The first-order valence-corrected chi connectivity index (χ1v) is 10.0. The number of likely N-dealkylation sites (tertiary alicyclic amines) is 1. The van der Waals surface area contributed by atoms with Crippen LogP contribution in [0.4, 0.5) is 5.69 Å². The Bertz CT molecular complexity index is 968. The van der Waals surface area contributed by atoms with Gasteiger partial charge in [-0.05, 0) is 54.7 Å². The molecule has 0 spiro atoms. The number of allylic oxidation sites excluding steroid dienone is 2. The summed E-state index contributed by atoms with van der Waals surface area (Å²) in [5.74, 6) is -0.664. The minimum atomic E-state index is -0.762. The van der Waals surface area contributed by atoms with Crippen LogP contribution in [-0.2, 0) is 14.4 Å². The molecule has 1 aliphatic heterocycles. The van der Waals surface area contributed by atoms with Crippen molar-refractivity contribution >= 4 is 35.0 Å². The number of hydrogen-bond donors (Lipinski definition) is 1. The summed E-state index contributed by atoms with van der Waals surface area (Å²) < 4.78 is 5.50. The molecule has 5 rings (SSSR count). The highest BCUT2D eigenvalue weighted by atomic mass is 35.5. The number of nitrogens with zero attached hydrogens (tertiary/aromatic N) is 1. The van der Waals surface area contributed by atoms with Crippen molar-refractivity contribution in [2.24, 2.45) is 23.7 Å². The Morgan fingerprint density at radius 2 is 1.76 bits per heavy atom. The largest absolute Gasteiger partial charge is 0.467 e. The molecule has 6 nitrogen and oxygen atoms in total. The number of benzene rings is 1. The van der Waals surface area contributed by atoms with Crippen LogP contribution in [0, 0.1) is 23.7 Å². The number of carbonyl (C=O) groups excluding carboxylic acids is 3. The average Bonchev–Trinajstić information content (AvgIpc) is 3.48. The molecule has 2 aromatic rings. The first kappa shape index (κ1) is 18.2. The first-order chi connectivity index (χ1) is 14.0. The van der Waals surface area contributed by atoms with Crippen LogP contribution in [0.3, 0.4) is 0 Å². The lowest BCUT2D eigenvalue weighted by molar-refractivity contribution is -0.144. The smallest absolute Gasteiger partial charge is 0.234 e. The van der Waals surface area contributed by atoms with E-state index < -0.39 is 6.04 Å². The van der Waals surface area contributed by atoms with Gasteiger partial charge in [0, 0.05) is 10.7 Å². The number of fused-ring (bicyclic) bond motifs is 5. The zero-order valence-electron chi connectivity index (χ0n) is 15.5. The summed E-state index contributed by atoms with van der Waals surface area (Å²) in [5.41, 5.74) is 0.593. The van der Waals surface area contributed by atoms with Crippen molar-refractivity contribution in [3.63, 3.8) is 0 Å². The Morgan fingerprint density at radius 1 is 1.10 bits per heavy atom. The monoisotopic (exact) mass is 410 g/mol. The number of rotatable bonds is 5. The lowest BCUT2D eigenvalue weighted by atomic mass is 9.85. The van der Waals surface area contributed by atoms with Crippen LogP contribution < -0.4 is 5.32 Å². The van der Waals surface area contributed by atoms with E-state index in [4.69, 9.17) is 16.0 Å². The minimum Gasteiger partial charge on any atom is -0.467 e. The summed E-state index contributed by atoms with van der Waals surface area (Å²) in [4.78, 5) is 40.3. The summed E-state index contributed by atoms with van der Waals surface area (Å²) in [6, 6.07) is 9.38. The predicted molar refractivity (Wildman–Crippen MR) is 106 cm³/mol. The third-order valence-corrected chi connectivity index (χ3v) is 6.45. The lowest BCUT2D eigenvalue weighted by Gasteiger charge is -2.26. The zero-order chi connectivity index (χ0) is 20.1. The average molecular weight is 411 g/mol. The van der Waals surface area contributed by atoms with Crippen molar-refractivity contribution in [3.8, 4) is 0 Å². The second-order valence-electron chi connectivity index (χ2n) is 7.84. The van der Waals surface area contributed by atoms with Crippen LogP contribution in [0.25, 0.3) is 0 Å². The zero-order valence-corrected chi connectivity index (χ0v) is 16.2. The van der Waals surface area contributed by atoms with E-state index in [1.807, 2.05) is 0 Å². The van der Waals surface area contributed by atoms with Crippen molar-refractivity contribution in [2.45, 2.75) is 18.9 Å². The quantitative estimate of drug-likeness (QED) is 0.600. The molecule has 29 heavy (non-hydrogen) atoms. The van der Waals surface area contributed by atoms with Crippen LogP contribution in [0.15, 0.2) is 59.2 Å². The molecule has 148 valence electrons. The van der Waals surface area contributed by atoms with Gasteiger partial charge in [-0.1, -0.05) is 23.8 Å². The summed E-state index contributed by atoms with van der Waals surface area (Å²) in [5, 5.41) is 3.36. The van der Waals surface area contributed by atoms with Crippen molar-refractivity contribution in [3.05, 3.63) is 65.6 Å². The third-order valence-electron chi connectivity index (χ3n) is 6.19. The molecule has 2 aliphatic carbocycles. The lowest BCUT2D eigenvalue weighted by Crippen LogP contribution is -2.38. The molecule has 1 aromatic heterocycles. The molecule has 1 saturated carbocycles. The van der Waals surface area contributed by atoms with Gasteiger partial charge >= 0.3 is 0 Å². The van der Waals surface area contributed by atoms with Gasteiger partial charge in [0.05, 0.1) is 24.5 Å². The Balaban J connectivity index is 1.40. The maximum Gasteiger partial charge on any atom is 0.234 e. The second kappa shape index (κ2) is 6.88. The molecule has 2 bridgehead atoms. The molecule has 7 heteroatoms. The van der Waals surface area contributed by atoms with E-state index in [2.05, 4.69) is 17.5 Å². The number of halogens is 1. The van der Waals surface area contributed by atoms with E-state index in [0.717, 1.165) is 6.42 Å². The Labute approximate surface area is 172 Å². The molecule has 0 radical (unpaired) electrons. The van der Waals surface area contributed by atoms with Gasteiger partial charge in [0.15, 0.2) is 0 Å². The Kier molecular flexibility index (Phi) is 4.32. The molecule has 1 N–H and O–H groups in total. The normalized spacial score (nSPS) is 28.1. The van der Waals surface area contributed by atoms with Gasteiger partial charge in [0.1, 0.15) is 11.8 Å². The second-order valence-corrected chi connectivity index (χ2v) is 8.27. The van der Waals surface area contributed by atoms with Gasteiger partial charge in [-0.2, -0.15) is 0 Å². The fourth-order valence-corrected chi connectivity index (χ4v) is 5.08. The molecule has 3 aliphatic rings. The number of carbonyl (C=O) groups is 3. The highest BCUT2D eigenvalue weighted by Gasteiger charge is 2.60. The van der Waals surface area contributed by atoms with Crippen molar-refractivity contribution in [1.82, 2.24) is 4.90 Å². The number of amides is 3. The molecule has 2 heterocycles. The molecular weight excluding hydrogens is 392 g/mol. The van der Waals surface area contributed by atoms with E-state index >= 15 is 0 Å². The van der Waals surface area contributed by atoms with Crippen LogP contribution in [-0.4, -0.2) is 22.6 Å². The third kappa shape index (κ3) is 2.99. The predicted octanol–water partition coefficient (Wildman–Crippen LogP) is 3.81. The van der Waals surface area contributed by atoms with Gasteiger partial charge in [0.2, 0.25) is 17.7 Å². The van der Waals surface area contributed by atoms with Crippen LogP contribution in [0.1, 0.15) is 24.6 Å². The molecule has 3 amide bonds. The topological polar surface area (TPSA) is 79.6 Å². The maximum absolute atomic E-state index is 13.2. The number of nitrogens with one attached hydrogen (secondary N) is 1. The van der Waals surface area contributed by atoms with Crippen LogP contribution >= 0.6 is 11.6 Å². The molecule has 5 atom stereocenters. The molecular formula is C22H19ClN2O4. The SMILES string of the molecule is O=C(CC(c1ccco1)N1C(=O)C2C3C=CC(C3)C2C1=O)Nc1ccc(Cl)cc1. The summed E-state index contributed by atoms with van der Waals surface area (Å²) in [6.45, 7) is 0. The Hall–Kier alpha value is -2.86. The van der Waals surface area contributed by atoms with Crippen molar-refractivity contribution in [2.75, 3.05) is 5.32 Å².